The van der Waals surface area contributed by atoms with E-state index in [0.717, 1.165) is 11.1 Å². The van der Waals surface area contributed by atoms with Crippen molar-refractivity contribution in [3.8, 4) is 34.3 Å². The number of aromatic nitrogens is 2. The topological polar surface area (TPSA) is 96.8 Å². The standard InChI is InChI=1S/C33H33FN2O6/c1-3-39-32(37)27(33(38)40-4-2)14-10-20-41-26-18-16-24(17-19-26)31-35-29(23-11-6-5-7-12-23)21-30(36-31)42-22-25-13-8-9-15-28(25)34/h5-9,11-13,15-19,21,27H,3-4,10,14,20,22H2,1-2H3. The average Bonchev–Trinajstić information content (AvgIpc) is 3.01. The second kappa shape index (κ2) is 15.3. The molecule has 0 atom stereocenters. The van der Waals surface area contributed by atoms with E-state index in [1.807, 2.05) is 42.5 Å². The van der Waals surface area contributed by atoms with Crippen LogP contribution in [-0.2, 0) is 25.7 Å². The maximum Gasteiger partial charge on any atom is 0.320 e. The minimum atomic E-state index is -0.972. The molecule has 0 amide bonds. The van der Waals surface area contributed by atoms with Gasteiger partial charge in [-0.2, -0.15) is 4.98 Å². The fourth-order valence-corrected chi connectivity index (χ4v) is 4.15. The Kier molecular flexibility index (Phi) is 11.0. The Hall–Kier alpha value is -4.79. The molecular formula is C33H33FN2O6. The molecule has 4 aromatic rings. The number of benzene rings is 3. The first-order chi connectivity index (χ1) is 20.5. The fourth-order valence-electron chi connectivity index (χ4n) is 4.15. The van der Waals surface area contributed by atoms with Gasteiger partial charge in [-0.05, 0) is 57.0 Å². The van der Waals surface area contributed by atoms with E-state index in [9.17, 15) is 14.0 Å². The zero-order chi connectivity index (χ0) is 29.7. The van der Waals surface area contributed by atoms with Gasteiger partial charge in [0.25, 0.3) is 0 Å². The fraction of sp³-hybridized carbons (Fsp3) is 0.273. The van der Waals surface area contributed by atoms with Gasteiger partial charge in [0.1, 0.15) is 18.2 Å². The zero-order valence-electron chi connectivity index (χ0n) is 23.6. The van der Waals surface area contributed by atoms with Crippen molar-refractivity contribution in [1.29, 1.82) is 0 Å². The lowest BCUT2D eigenvalue weighted by atomic mass is 10.0. The molecular weight excluding hydrogens is 539 g/mol. The van der Waals surface area contributed by atoms with Crippen molar-refractivity contribution in [2.45, 2.75) is 33.3 Å². The monoisotopic (exact) mass is 572 g/mol. The molecule has 0 saturated heterocycles. The van der Waals surface area contributed by atoms with Gasteiger partial charge >= 0.3 is 11.9 Å². The third-order valence-electron chi connectivity index (χ3n) is 6.27. The number of nitrogens with zero attached hydrogens (tertiary/aromatic N) is 2. The van der Waals surface area contributed by atoms with Gasteiger partial charge < -0.3 is 18.9 Å². The quantitative estimate of drug-likeness (QED) is 0.0969. The highest BCUT2D eigenvalue weighted by Crippen LogP contribution is 2.27. The molecule has 218 valence electrons. The highest BCUT2D eigenvalue weighted by Gasteiger charge is 2.29. The second-order valence-electron chi connectivity index (χ2n) is 9.23. The summed E-state index contributed by atoms with van der Waals surface area (Å²) < 4.78 is 35.9. The number of rotatable bonds is 14. The number of carbonyl (C=O) groups is 2. The molecule has 0 N–H and O–H groups in total. The minimum absolute atomic E-state index is 0.0251. The van der Waals surface area contributed by atoms with Crippen LogP contribution in [0.1, 0.15) is 32.3 Å². The van der Waals surface area contributed by atoms with E-state index >= 15 is 0 Å². The van der Waals surface area contributed by atoms with Gasteiger partial charge in [-0.1, -0.05) is 48.5 Å². The van der Waals surface area contributed by atoms with Crippen LogP contribution in [0.4, 0.5) is 4.39 Å². The molecule has 0 fully saturated rings. The molecule has 0 unspecified atom stereocenters. The van der Waals surface area contributed by atoms with Gasteiger partial charge in [0.05, 0.1) is 25.5 Å². The van der Waals surface area contributed by atoms with E-state index < -0.39 is 17.9 Å². The SMILES string of the molecule is CCOC(=O)C(CCCOc1ccc(-c2nc(OCc3ccccc3F)cc(-c3ccccc3)n2)cc1)C(=O)OCC. The van der Waals surface area contributed by atoms with Gasteiger partial charge in [0, 0.05) is 22.8 Å². The number of carbonyl (C=O) groups excluding carboxylic acids is 2. The number of halogens is 1. The molecule has 0 spiro atoms. The Bertz CT molecular complexity index is 1450. The second-order valence-corrected chi connectivity index (χ2v) is 9.23. The molecule has 0 radical (unpaired) electrons. The van der Waals surface area contributed by atoms with E-state index in [1.165, 1.54) is 6.07 Å². The van der Waals surface area contributed by atoms with E-state index in [0.29, 0.717) is 41.7 Å². The predicted octanol–water partition coefficient (Wildman–Crippen LogP) is 6.43. The lowest BCUT2D eigenvalue weighted by Gasteiger charge is -2.14. The molecule has 4 rings (SSSR count). The molecule has 9 heteroatoms. The molecule has 0 bridgehead atoms. The summed E-state index contributed by atoms with van der Waals surface area (Å²) in [4.78, 5) is 33.6. The Morgan fingerprint density at radius 2 is 1.45 bits per heavy atom. The van der Waals surface area contributed by atoms with Gasteiger partial charge in [0.2, 0.25) is 5.88 Å². The van der Waals surface area contributed by atoms with Gasteiger partial charge in [-0.3, -0.25) is 9.59 Å². The molecule has 42 heavy (non-hydrogen) atoms. The average molecular weight is 573 g/mol. The van der Waals surface area contributed by atoms with Crippen LogP contribution in [0.5, 0.6) is 11.6 Å². The van der Waals surface area contributed by atoms with Gasteiger partial charge in [0.15, 0.2) is 11.7 Å². The molecule has 1 aromatic heterocycles. The van der Waals surface area contributed by atoms with Crippen molar-refractivity contribution in [3.05, 3.63) is 96.3 Å². The Morgan fingerprint density at radius 1 is 0.786 bits per heavy atom. The van der Waals surface area contributed by atoms with Crippen molar-refractivity contribution in [2.24, 2.45) is 5.92 Å². The normalized spacial score (nSPS) is 10.8. The first-order valence-electron chi connectivity index (χ1n) is 13.9. The highest BCUT2D eigenvalue weighted by molar-refractivity contribution is 5.94. The summed E-state index contributed by atoms with van der Waals surface area (Å²) in [7, 11) is 0. The van der Waals surface area contributed by atoms with Crippen molar-refractivity contribution in [3.63, 3.8) is 0 Å². The zero-order valence-corrected chi connectivity index (χ0v) is 23.6. The maximum atomic E-state index is 14.1. The molecule has 0 aliphatic heterocycles. The lowest BCUT2D eigenvalue weighted by Crippen LogP contribution is -2.28. The first kappa shape index (κ1) is 30.2. The van der Waals surface area contributed by atoms with Crippen LogP contribution in [-0.4, -0.2) is 41.7 Å². The molecule has 0 saturated carbocycles. The largest absolute Gasteiger partial charge is 0.494 e. The van der Waals surface area contributed by atoms with Crippen molar-refractivity contribution in [2.75, 3.05) is 19.8 Å². The van der Waals surface area contributed by atoms with Crippen LogP contribution in [0, 0.1) is 11.7 Å². The van der Waals surface area contributed by atoms with E-state index in [2.05, 4.69) is 4.98 Å². The number of hydrogen-bond donors (Lipinski definition) is 0. The summed E-state index contributed by atoms with van der Waals surface area (Å²) >= 11 is 0. The van der Waals surface area contributed by atoms with E-state index in [4.69, 9.17) is 23.9 Å². The Balaban J connectivity index is 1.44. The van der Waals surface area contributed by atoms with Crippen LogP contribution < -0.4 is 9.47 Å². The summed E-state index contributed by atoms with van der Waals surface area (Å²) in [6, 6.07) is 25.1. The van der Waals surface area contributed by atoms with Crippen molar-refractivity contribution in [1.82, 2.24) is 9.97 Å². The lowest BCUT2D eigenvalue weighted by molar-refractivity contribution is -0.162. The van der Waals surface area contributed by atoms with E-state index in [1.54, 1.807) is 50.2 Å². The third-order valence-corrected chi connectivity index (χ3v) is 6.27. The molecule has 3 aromatic carbocycles. The van der Waals surface area contributed by atoms with Crippen LogP contribution in [0.15, 0.2) is 84.9 Å². The predicted molar refractivity (Wildman–Crippen MR) is 155 cm³/mol. The summed E-state index contributed by atoms with van der Waals surface area (Å²) in [6.07, 6.45) is 0.709. The number of esters is 2. The summed E-state index contributed by atoms with van der Waals surface area (Å²) in [5, 5.41) is 0. The van der Waals surface area contributed by atoms with E-state index in [-0.39, 0.29) is 32.1 Å². The van der Waals surface area contributed by atoms with Crippen LogP contribution in [0.2, 0.25) is 0 Å². The summed E-state index contributed by atoms with van der Waals surface area (Å²) in [5.74, 6) is -1.12. The van der Waals surface area contributed by atoms with Crippen LogP contribution in [0.3, 0.4) is 0 Å². The van der Waals surface area contributed by atoms with Crippen molar-refractivity contribution < 1.29 is 32.9 Å². The number of hydrogen-bond acceptors (Lipinski definition) is 8. The summed E-state index contributed by atoms with van der Waals surface area (Å²) in [5.41, 5.74) is 2.72. The van der Waals surface area contributed by atoms with Gasteiger partial charge in [-0.15, -0.1) is 0 Å². The first-order valence-corrected chi connectivity index (χ1v) is 13.9. The molecule has 1 heterocycles. The van der Waals surface area contributed by atoms with Crippen LogP contribution in [0.25, 0.3) is 22.6 Å². The Morgan fingerprint density at radius 3 is 2.12 bits per heavy atom. The third kappa shape index (κ3) is 8.36. The molecule has 0 aliphatic carbocycles. The smallest absolute Gasteiger partial charge is 0.320 e. The van der Waals surface area contributed by atoms with Crippen molar-refractivity contribution >= 4 is 11.9 Å². The Labute approximate surface area is 244 Å². The summed E-state index contributed by atoms with van der Waals surface area (Å²) in [6.45, 7) is 4.08. The minimum Gasteiger partial charge on any atom is -0.494 e. The molecule has 0 aliphatic rings. The molecule has 8 nitrogen and oxygen atoms in total. The maximum absolute atomic E-state index is 14.1. The van der Waals surface area contributed by atoms with Crippen LogP contribution >= 0.6 is 0 Å². The highest BCUT2D eigenvalue weighted by atomic mass is 19.1. The number of ether oxygens (including phenoxy) is 4. The van der Waals surface area contributed by atoms with Gasteiger partial charge in [-0.25, -0.2) is 9.37 Å².